The average Bonchev–Trinajstić information content (AvgIpc) is 2.50. The van der Waals surface area contributed by atoms with Crippen molar-refractivity contribution in [2.75, 3.05) is 18.5 Å². The highest BCUT2D eigenvalue weighted by molar-refractivity contribution is 5.99. The van der Waals surface area contributed by atoms with Crippen LogP contribution < -0.4 is 21.9 Å². The minimum Gasteiger partial charge on any atom is -0.355 e. The lowest BCUT2D eigenvalue weighted by Gasteiger charge is -2.09. The summed E-state index contributed by atoms with van der Waals surface area (Å²) in [6, 6.07) is 8.99. The molecule has 7 heteroatoms. The van der Waals surface area contributed by atoms with Crippen molar-refractivity contribution in [2.45, 2.75) is 6.92 Å². The van der Waals surface area contributed by atoms with Crippen LogP contribution in [0.25, 0.3) is 10.9 Å². The van der Waals surface area contributed by atoms with E-state index >= 15 is 0 Å². The minimum atomic E-state index is -0.317. The third-order valence-electron chi connectivity index (χ3n) is 2.89. The summed E-state index contributed by atoms with van der Waals surface area (Å²) >= 11 is 0. The number of amides is 2. The molecule has 1 aromatic carbocycles. The van der Waals surface area contributed by atoms with E-state index in [9.17, 15) is 9.59 Å². The number of nitrogens with one attached hydrogen (secondary N) is 3. The molecule has 2 rings (SSSR count). The summed E-state index contributed by atoms with van der Waals surface area (Å²) in [5.41, 5.74) is 4.15. The molecule has 0 fully saturated rings. The summed E-state index contributed by atoms with van der Waals surface area (Å²) in [4.78, 5) is 27.1. The van der Waals surface area contributed by atoms with Crippen molar-refractivity contribution in [1.82, 2.24) is 15.6 Å². The Bertz CT molecular complexity index is 671. The number of hydrogen-bond donors (Lipinski definition) is 4. The molecule has 0 spiro atoms. The van der Waals surface area contributed by atoms with Crippen molar-refractivity contribution in [3.05, 3.63) is 36.0 Å². The van der Waals surface area contributed by atoms with Crippen molar-refractivity contribution in [1.29, 1.82) is 0 Å². The number of carbonyl (C=O) groups excluding carboxylic acids is 2. The summed E-state index contributed by atoms with van der Waals surface area (Å²) in [7, 11) is 0. The number of nitrogen functional groups attached to an aromatic ring is 1. The molecule has 0 aliphatic heterocycles. The van der Waals surface area contributed by atoms with Gasteiger partial charge in [0, 0.05) is 25.4 Å². The number of hydrogen-bond acceptors (Lipinski definition) is 5. The van der Waals surface area contributed by atoms with Crippen LogP contribution in [-0.4, -0.2) is 29.9 Å². The van der Waals surface area contributed by atoms with Gasteiger partial charge < -0.3 is 16.1 Å². The van der Waals surface area contributed by atoms with Gasteiger partial charge in [-0.2, -0.15) is 0 Å². The number of hydrazine groups is 1. The Hall–Kier alpha value is -2.67. The Morgan fingerprint density at radius 1 is 1.19 bits per heavy atom. The van der Waals surface area contributed by atoms with Crippen LogP contribution in [0.2, 0.25) is 0 Å². The lowest BCUT2D eigenvalue weighted by molar-refractivity contribution is -0.118. The first-order chi connectivity index (χ1) is 10.1. The number of para-hydroxylation sites is 1. The molecule has 2 aromatic rings. The van der Waals surface area contributed by atoms with E-state index in [-0.39, 0.29) is 17.5 Å². The van der Waals surface area contributed by atoms with Gasteiger partial charge in [0.1, 0.15) is 5.69 Å². The third kappa shape index (κ3) is 3.67. The normalized spacial score (nSPS) is 10.2. The first-order valence-corrected chi connectivity index (χ1v) is 6.51. The number of benzene rings is 1. The third-order valence-corrected chi connectivity index (χ3v) is 2.89. The number of anilines is 1. The maximum atomic E-state index is 12.0. The van der Waals surface area contributed by atoms with Crippen LogP contribution in [0.4, 0.5) is 5.69 Å². The SMILES string of the molecule is CC(=O)NCCNC(=O)c1cc(NN)c2ccccc2n1. The summed E-state index contributed by atoms with van der Waals surface area (Å²) in [5, 5.41) is 6.13. The number of aromatic nitrogens is 1. The molecule has 7 nitrogen and oxygen atoms in total. The van der Waals surface area contributed by atoms with E-state index in [1.54, 1.807) is 6.07 Å². The number of rotatable bonds is 5. The average molecular weight is 287 g/mol. The summed E-state index contributed by atoms with van der Waals surface area (Å²) < 4.78 is 0. The van der Waals surface area contributed by atoms with Gasteiger partial charge >= 0.3 is 0 Å². The predicted octanol–water partition coefficient (Wildman–Crippen LogP) is 0.386. The van der Waals surface area contributed by atoms with Gasteiger partial charge in [0.25, 0.3) is 5.91 Å². The zero-order chi connectivity index (χ0) is 15.2. The van der Waals surface area contributed by atoms with Crippen LogP contribution >= 0.6 is 0 Å². The van der Waals surface area contributed by atoms with Gasteiger partial charge in [-0.05, 0) is 12.1 Å². The summed E-state index contributed by atoms with van der Waals surface area (Å²) in [6.07, 6.45) is 0. The van der Waals surface area contributed by atoms with E-state index in [0.717, 1.165) is 5.39 Å². The smallest absolute Gasteiger partial charge is 0.270 e. The van der Waals surface area contributed by atoms with Crippen molar-refractivity contribution < 1.29 is 9.59 Å². The second kappa shape index (κ2) is 6.67. The molecule has 0 aliphatic rings. The second-order valence-electron chi connectivity index (χ2n) is 4.46. The van der Waals surface area contributed by atoms with Gasteiger partial charge in [-0.25, -0.2) is 4.98 Å². The molecule has 0 radical (unpaired) electrons. The van der Waals surface area contributed by atoms with Crippen molar-refractivity contribution in [3.63, 3.8) is 0 Å². The van der Waals surface area contributed by atoms with Crippen LogP contribution in [0.5, 0.6) is 0 Å². The van der Waals surface area contributed by atoms with E-state index in [0.29, 0.717) is 24.3 Å². The molecular formula is C14H17N5O2. The number of fused-ring (bicyclic) bond motifs is 1. The molecule has 1 aromatic heterocycles. The molecule has 5 N–H and O–H groups in total. The summed E-state index contributed by atoms with van der Waals surface area (Å²) in [6.45, 7) is 2.13. The van der Waals surface area contributed by atoms with Gasteiger partial charge in [-0.15, -0.1) is 0 Å². The van der Waals surface area contributed by atoms with Gasteiger partial charge in [-0.1, -0.05) is 18.2 Å². The molecule has 0 atom stereocenters. The molecule has 21 heavy (non-hydrogen) atoms. The molecule has 0 bridgehead atoms. The fourth-order valence-electron chi connectivity index (χ4n) is 1.92. The Balaban J connectivity index is 2.14. The number of nitrogens with two attached hydrogens (primary N) is 1. The topological polar surface area (TPSA) is 109 Å². The van der Waals surface area contributed by atoms with Gasteiger partial charge in [0.2, 0.25) is 5.91 Å². The van der Waals surface area contributed by atoms with E-state index < -0.39 is 0 Å². The molecule has 0 saturated heterocycles. The first kappa shape index (κ1) is 14.7. The Morgan fingerprint density at radius 3 is 2.62 bits per heavy atom. The quantitative estimate of drug-likeness (QED) is 0.361. The second-order valence-corrected chi connectivity index (χ2v) is 4.46. The monoisotopic (exact) mass is 287 g/mol. The highest BCUT2D eigenvalue weighted by atomic mass is 16.2. The standard InChI is InChI=1S/C14H17N5O2/c1-9(20)16-6-7-17-14(21)13-8-12(19-15)10-4-2-3-5-11(10)18-13/h2-5,8H,6-7,15H2,1H3,(H,16,20)(H,17,21)(H,18,19). The van der Waals surface area contributed by atoms with Gasteiger partial charge in [0.15, 0.2) is 0 Å². The van der Waals surface area contributed by atoms with Crippen LogP contribution in [0.15, 0.2) is 30.3 Å². The fraction of sp³-hybridized carbons (Fsp3) is 0.214. The fourth-order valence-corrected chi connectivity index (χ4v) is 1.92. The number of pyridine rings is 1. The van der Waals surface area contributed by atoms with E-state index in [1.807, 2.05) is 24.3 Å². The largest absolute Gasteiger partial charge is 0.355 e. The molecular weight excluding hydrogens is 270 g/mol. The zero-order valence-electron chi connectivity index (χ0n) is 11.6. The van der Waals surface area contributed by atoms with Gasteiger partial charge in [0.05, 0.1) is 11.2 Å². The van der Waals surface area contributed by atoms with E-state index in [4.69, 9.17) is 5.84 Å². The highest BCUT2D eigenvalue weighted by Crippen LogP contribution is 2.22. The Morgan fingerprint density at radius 2 is 1.90 bits per heavy atom. The van der Waals surface area contributed by atoms with Crippen molar-refractivity contribution in [2.24, 2.45) is 5.84 Å². The summed E-state index contributed by atoms with van der Waals surface area (Å²) in [5.74, 6) is 5.03. The van der Waals surface area contributed by atoms with Crippen molar-refractivity contribution in [3.8, 4) is 0 Å². The number of nitrogens with zero attached hydrogens (tertiary/aromatic N) is 1. The van der Waals surface area contributed by atoms with Crippen LogP contribution in [0.3, 0.4) is 0 Å². The Kier molecular flexibility index (Phi) is 4.68. The minimum absolute atomic E-state index is 0.136. The predicted molar refractivity (Wildman–Crippen MR) is 80.6 cm³/mol. The van der Waals surface area contributed by atoms with Crippen LogP contribution in [0, 0.1) is 0 Å². The van der Waals surface area contributed by atoms with E-state index in [1.165, 1.54) is 6.92 Å². The first-order valence-electron chi connectivity index (χ1n) is 6.51. The molecule has 110 valence electrons. The zero-order valence-corrected chi connectivity index (χ0v) is 11.6. The van der Waals surface area contributed by atoms with Crippen LogP contribution in [0.1, 0.15) is 17.4 Å². The Labute approximate surface area is 121 Å². The lowest BCUT2D eigenvalue weighted by Crippen LogP contribution is -2.34. The van der Waals surface area contributed by atoms with Crippen LogP contribution in [-0.2, 0) is 4.79 Å². The highest BCUT2D eigenvalue weighted by Gasteiger charge is 2.11. The lowest BCUT2D eigenvalue weighted by atomic mass is 10.1. The molecule has 0 saturated carbocycles. The maximum Gasteiger partial charge on any atom is 0.270 e. The number of carbonyl (C=O) groups is 2. The molecule has 0 unspecified atom stereocenters. The van der Waals surface area contributed by atoms with Crippen molar-refractivity contribution >= 4 is 28.4 Å². The maximum absolute atomic E-state index is 12.0. The molecule has 0 aliphatic carbocycles. The molecule has 2 amide bonds. The van der Waals surface area contributed by atoms with E-state index in [2.05, 4.69) is 21.0 Å². The van der Waals surface area contributed by atoms with Gasteiger partial charge in [-0.3, -0.25) is 15.4 Å². The molecule has 1 heterocycles.